The lowest BCUT2D eigenvalue weighted by molar-refractivity contribution is 0.0827. The van der Waals surface area contributed by atoms with Gasteiger partial charge < -0.3 is 10.4 Å². The third kappa shape index (κ3) is 3.45. The van der Waals surface area contributed by atoms with Gasteiger partial charge in [0.15, 0.2) is 0 Å². The maximum atomic E-state index is 12.1. The third-order valence-corrected chi connectivity index (χ3v) is 3.31. The summed E-state index contributed by atoms with van der Waals surface area (Å²) in [5.41, 5.74) is 1.42. The van der Waals surface area contributed by atoms with Crippen LogP contribution in [0.1, 0.15) is 35.4 Å². The predicted octanol–water partition coefficient (Wildman–Crippen LogP) is 2.93. The number of amides is 1. The van der Waals surface area contributed by atoms with Crippen LogP contribution < -0.4 is 5.32 Å². The van der Waals surface area contributed by atoms with Gasteiger partial charge in [-0.05, 0) is 24.1 Å². The van der Waals surface area contributed by atoms with Crippen molar-refractivity contribution in [3.63, 3.8) is 0 Å². The molecule has 0 saturated heterocycles. The first-order valence-corrected chi connectivity index (χ1v) is 6.81. The smallest absolute Gasteiger partial charge is 0.251 e. The number of aliphatic hydroxyl groups excluding tert-OH is 1. The molecule has 0 aliphatic carbocycles. The molecule has 2 aromatic carbocycles. The molecule has 0 bridgehead atoms. The maximum Gasteiger partial charge on any atom is 0.251 e. The highest BCUT2D eigenvalue weighted by Gasteiger charge is 2.21. The molecule has 0 unspecified atom stereocenters. The van der Waals surface area contributed by atoms with Gasteiger partial charge in [-0.25, -0.2) is 0 Å². The van der Waals surface area contributed by atoms with E-state index < -0.39 is 6.10 Å². The van der Waals surface area contributed by atoms with Crippen molar-refractivity contribution in [2.24, 2.45) is 0 Å². The van der Waals surface area contributed by atoms with Gasteiger partial charge in [-0.15, -0.1) is 0 Å². The zero-order chi connectivity index (χ0) is 14.4. The largest absolute Gasteiger partial charge is 0.386 e. The molecule has 2 rings (SSSR count). The number of rotatable bonds is 5. The van der Waals surface area contributed by atoms with Crippen LogP contribution in [0.15, 0.2) is 60.7 Å². The van der Waals surface area contributed by atoms with E-state index in [-0.39, 0.29) is 11.9 Å². The van der Waals surface area contributed by atoms with Crippen molar-refractivity contribution in [2.45, 2.75) is 25.5 Å². The van der Waals surface area contributed by atoms with Crippen molar-refractivity contribution in [2.75, 3.05) is 0 Å². The van der Waals surface area contributed by atoms with Crippen LogP contribution in [-0.2, 0) is 0 Å². The van der Waals surface area contributed by atoms with Gasteiger partial charge in [-0.3, -0.25) is 4.79 Å². The lowest BCUT2D eigenvalue weighted by Gasteiger charge is -2.23. The molecule has 0 aliphatic heterocycles. The van der Waals surface area contributed by atoms with Crippen molar-refractivity contribution in [1.82, 2.24) is 5.32 Å². The fourth-order valence-electron chi connectivity index (χ4n) is 2.13. The summed E-state index contributed by atoms with van der Waals surface area (Å²) in [5, 5.41) is 13.3. The average Bonchev–Trinajstić information content (AvgIpc) is 2.53. The molecule has 0 aliphatic rings. The maximum absolute atomic E-state index is 12.1. The molecule has 2 N–H and O–H groups in total. The lowest BCUT2D eigenvalue weighted by atomic mass is 10.00. The molecule has 104 valence electrons. The quantitative estimate of drug-likeness (QED) is 0.876. The van der Waals surface area contributed by atoms with Crippen molar-refractivity contribution in [1.29, 1.82) is 0 Å². The first-order chi connectivity index (χ1) is 9.72. The van der Waals surface area contributed by atoms with Crippen LogP contribution in [0.4, 0.5) is 0 Å². The molecule has 0 heterocycles. The summed E-state index contributed by atoms with van der Waals surface area (Å²) in [4.78, 5) is 12.1. The summed E-state index contributed by atoms with van der Waals surface area (Å²) in [5.74, 6) is -0.160. The van der Waals surface area contributed by atoms with Crippen molar-refractivity contribution < 1.29 is 9.90 Å². The third-order valence-electron chi connectivity index (χ3n) is 3.31. The van der Waals surface area contributed by atoms with Crippen LogP contribution in [0.2, 0.25) is 0 Å². The van der Waals surface area contributed by atoms with E-state index in [4.69, 9.17) is 0 Å². The van der Waals surface area contributed by atoms with Gasteiger partial charge >= 0.3 is 0 Å². The summed E-state index contributed by atoms with van der Waals surface area (Å²) in [6.45, 7) is 1.95. The number of hydrogen-bond acceptors (Lipinski definition) is 2. The van der Waals surface area contributed by atoms with Crippen LogP contribution in [0, 0.1) is 0 Å². The Hall–Kier alpha value is -2.13. The number of carbonyl (C=O) groups excluding carboxylic acids is 1. The van der Waals surface area contributed by atoms with Crippen molar-refractivity contribution >= 4 is 5.91 Å². The zero-order valence-electron chi connectivity index (χ0n) is 11.5. The van der Waals surface area contributed by atoms with E-state index in [1.54, 1.807) is 12.1 Å². The van der Waals surface area contributed by atoms with E-state index in [1.165, 1.54) is 0 Å². The molecule has 2 atom stereocenters. The highest BCUT2D eigenvalue weighted by Crippen LogP contribution is 2.18. The molecule has 0 spiro atoms. The minimum Gasteiger partial charge on any atom is -0.386 e. The molecule has 0 aromatic heterocycles. The number of carbonyl (C=O) groups is 1. The molecule has 2 aromatic rings. The highest BCUT2D eigenvalue weighted by atomic mass is 16.3. The zero-order valence-corrected chi connectivity index (χ0v) is 11.5. The van der Waals surface area contributed by atoms with Gasteiger partial charge in [0, 0.05) is 5.56 Å². The molecule has 20 heavy (non-hydrogen) atoms. The minimum absolute atomic E-state index is 0.160. The van der Waals surface area contributed by atoms with E-state index in [9.17, 15) is 9.90 Å². The molecule has 0 saturated carbocycles. The Kier molecular flexibility index (Phi) is 4.91. The van der Waals surface area contributed by atoms with Crippen LogP contribution in [0.3, 0.4) is 0 Å². The summed E-state index contributed by atoms with van der Waals surface area (Å²) in [6.07, 6.45) is -0.0388. The topological polar surface area (TPSA) is 49.3 Å². The fourth-order valence-corrected chi connectivity index (χ4v) is 2.13. The van der Waals surface area contributed by atoms with E-state index in [0.717, 1.165) is 5.56 Å². The molecule has 1 amide bonds. The fraction of sp³-hybridized carbons (Fsp3) is 0.235. The van der Waals surface area contributed by atoms with Crippen LogP contribution in [-0.4, -0.2) is 17.1 Å². The second kappa shape index (κ2) is 6.87. The van der Waals surface area contributed by atoms with Gasteiger partial charge in [0.1, 0.15) is 0 Å². The Morgan fingerprint density at radius 1 is 1.05 bits per heavy atom. The molecular formula is C17H19NO2. The summed E-state index contributed by atoms with van der Waals surface area (Å²) in [7, 11) is 0. The Labute approximate surface area is 119 Å². The SMILES string of the molecule is CC[C@H](NC(=O)c1ccccc1)[C@H](O)c1ccccc1. The number of hydrogen-bond donors (Lipinski definition) is 2. The predicted molar refractivity (Wildman–Crippen MR) is 79.4 cm³/mol. The lowest BCUT2D eigenvalue weighted by Crippen LogP contribution is -2.38. The second-order valence-corrected chi connectivity index (χ2v) is 4.71. The van der Waals surface area contributed by atoms with E-state index >= 15 is 0 Å². The van der Waals surface area contributed by atoms with E-state index in [1.807, 2.05) is 55.5 Å². The molecule has 3 nitrogen and oxygen atoms in total. The average molecular weight is 269 g/mol. The normalized spacial score (nSPS) is 13.5. The van der Waals surface area contributed by atoms with Gasteiger partial charge in [0.05, 0.1) is 12.1 Å². The first-order valence-electron chi connectivity index (χ1n) is 6.81. The van der Waals surface area contributed by atoms with Gasteiger partial charge in [-0.2, -0.15) is 0 Å². The molecular weight excluding hydrogens is 250 g/mol. The molecule has 3 heteroatoms. The van der Waals surface area contributed by atoms with Crippen molar-refractivity contribution in [3.05, 3.63) is 71.8 Å². The van der Waals surface area contributed by atoms with Crippen LogP contribution in [0.5, 0.6) is 0 Å². The Bertz CT molecular complexity index is 539. The second-order valence-electron chi connectivity index (χ2n) is 4.71. The summed E-state index contributed by atoms with van der Waals surface area (Å²) < 4.78 is 0. The van der Waals surface area contributed by atoms with E-state index in [2.05, 4.69) is 5.32 Å². The minimum atomic E-state index is -0.700. The summed E-state index contributed by atoms with van der Waals surface area (Å²) >= 11 is 0. The number of nitrogens with one attached hydrogen (secondary N) is 1. The van der Waals surface area contributed by atoms with Crippen LogP contribution >= 0.6 is 0 Å². The standard InChI is InChI=1S/C17H19NO2/c1-2-15(16(19)13-9-5-3-6-10-13)18-17(20)14-11-7-4-8-12-14/h3-12,15-16,19H,2H2,1H3,(H,18,20)/t15-,16+/m0/s1. The molecule has 0 radical (unpaired) electrons. The Morgan fingerprint density at radius 2 is 1.60 bits per heavy atom. The summed E-state index contributed by atoms with van der Waals surface area (Å²) in [6, 6.07) is 18.1. The van der Waals surface area contributed by atoms with Crippen molar-refractivity contribution in [3.8, 4) is 0 Å². The van der Waals surface area contributed by atoms with Gasteiger partial charge in [-0.1, -0.05) is 55.5 Å². The van der Waals surface area contributed by atoms with Gasteiger partial charge in [0.25, 0.3) is 5.91 Å². The Balaban J connectivity index is 2.08. The van der Waals surface area contributed by atoms with Gasteiger partial charge in [0.2, 0.25) is 0 Å². The van der Waals surface area contributed by atoms with Crippen LogP contribution in [0.25, 0.3) is 0 Å². The number of aliphatic hydroxyl groups is 1. The highest BCUT2D eigenvalue weighted by molar-refractivity contribution is 5.94. The monoisotopic (exact) mass is 269 g/mol. The molecule has 0 fully saturated rings. The first kappa shape index (κ1) is 14.3. The van der Waals surface area contributed by atoms with E-state index in [0.29, 0.717) is 12.0 Å². The Morgan fingerprint density at radius 3 is 2.15 bits per heavy atom. The number of benzene rings is 2.